The van der Waals surface area contributed by atoms with Crippen LogP contribution in [0.1, 0.15) is 0 Å². The third-order valence-corrected chi connectivity index (χ3v) is 3.02. The molecule has 3 nitrogen and oxygen atoms in total. The van der Waals surface area contributed by atoms with Gasteiger partial charge in [0.25, 0.3) is 0 Å². The van der Waals surface area contributed by atoms with Crippen LogP contribution in [-0.2, 0) is 0 Å². The van der Waals surface area contributed by atoms with Gasteiger partial charge in [0.1, 0.15) is 0 Å². The second kappa shape index (κ2) is 4.53. The van der Waals surface area contributed by atoms with Gasteiger partial charge >= 0.3 is 0 Å². The van der Waals surface area contributed by atoms with Crippen molar-refractivity contribution in [1.29, 1.82) is 0 Å². The Hall–Kier alpha value is -1.22. The molecule has 1 heterocycles. The summed E-state index contributed by atoms with van der Waals surface area (Å²) in [5, 5.41) is 3.25. The first kappa shape index (κ1) is 10.3. The molecule has 0 amide bonds. The highest BCUT2D eigenvalue weighted by Crippen LogP contribution is 2.25. The number of anilines is 2. The molecule has 1 saturated heterocycles. The maximum absolute atomic E-state index is 3.25. The number of benzene rings is 1. The Bertz CT molecular complexity index is 316. The molecule has 2 rings (SSSR count). The fourth-order valence-electron chi connectivity index (χ4n) is 2.01. The molecule has 1 fully saturated rings. The fourth-order valence-corrected chi connectivity index (χ4v) is 2.01. The molecule has 3 heteroatoms. The summed E-state index contributed by atoms with van der Waals surface area (Å²) in [4.78, 5) is 4.82. The predicted octanol–water partition coefficient (Wildman–Crippen LogP) is 1.48. The van der Waals surface area contributed by atoms with Crippen molar-refractivity contribution in [2.24, 2.45) is 0 Å². The van der Waals surface area contributed by atoms with Crippen molar-refractivity contribution < 1.29 is 0 Å². The first-order valence-corrected chi connectivity index (χ1v) is 5.51. The van der Waals surface area contributed by atoms with Gasteiger partial charge in [-0.3, -0.25) is 0 Å². The van der Waals surface area contributed by atoms with Gasteiger partial charge in [-0.15, -0.1) is 0 Å². The molecular formula is C12H19N3. The van der Waals surface area contributed by atoms with Crippen molar-refractivity contribution in [2.75, 3.05) is 50.5 Å². The number of likely N-dealkylation sites (N-methyl/N-ethyl adjacent to an activating group) is 1. The van der Waals surface area contributed by atoms with Crippen LogP contribution in [-0.4, -0.2) is 45.2 Å². The Morgan fingerprint density at radius 1 is 1.07 bits per heavy atom. The van der Waals surface area contributed by atoms with Crippen molar-refractivity contribution in [1.82, 2.24) is 4.90 Å². The maximum atomic E-state index is 3.25. The summed E-state index contributed by atoms with van der Waals surface area (Å²) in [7, 11) is 4.16. The van der Waals surface area contributed by atoms with E-state index in [2.05, 4.69) is 46.4 Å². The molecule has 1 N–H and O–H groups in total. The molecule has 0 spiro atoms. The van der Waals surface area contributed by atoms with Crippen molar-refractivity contribution in [3.63, 3.8) is 0 Å². The van der Waals surface area contributed by atoms with Gasteiger partial charge in [-0.25, -0.2) is 0 Å². The first-order valence-electron chi connectivity index (χ1n) is 5.51. The Morgan fingerprint density at radius 2 is 1.73 bits per heavy atom. The van der Waals surface area contributed by atoms with Crippen LogP contribution in [0.3, 0.4) is 0 Å². The van der Waals surface area contributed by atoms with Crippen LogP contribution < -0.4 is 10.2 Å². The summed E-state index contributed by atoms with van der Waals surface area (Å²) in [6.07, 6.45) is 0. The fraction of sp³-hybridized carbons (Fsp3) is 0.500. The van der Waals surface area contributed by atoms with E-state index in [-0.39, 0.29) is 0 Å². The summed E-state index contributed by atoms with van der Waals surface area (Å²) in [6.45, 7) is 4.54. The molecule has 0 saturated carbocycles. The zero-order valence-electron chi connectivity index (χ0n) is 9.53. The van der Waals surface area contributed by atoms with Crippen molar-refractivity contribution >= 4 is 11.4 Å². The number of nitrogens with zero attached hydrogens (tertiary/aromatic N) is 2. The van der Waals surface area contributed by atoms with Crippen LogP contribution in [0.15, 0.2) is 24.3 Å². The quantitative estimate of drug-likeness (QED) is 0.789. The molecule has 0 aromatic heterocycles. The Kier molecular flexibility index (Phi) is 3.11. The molecule has 1 aromatic carbocycles. The zero-order valence-corrected chi connectivity index (χ0v) is 9.53. The van der Waals surface area contributed by atoms with Crippen molar-refractivity contribution in [3.8, 4) is 0 Å². The van der Waals surface area contributed by atoms with E-state index < -0.39 is 0 Å². The number of nitrogens with one attached hydrogen (secondary N) is 1. The SMILES string of the molecule is CNc1ccccc1N1CCN(C)CC1. The van der Waals surface area contributed by atoms with E-state index in [9.17, 15) is 0 Å². The average molecular weight is 205 g/mol. The molecule has 82 valence electrons. The largest absolute Gasteiger partial charge is 0.386 e. The van der Waals surface area contributed by atoms with Gasteiger partial charge in [0.05, 0.1) is 11.4 Å². The topological polar surface area (TPSA) is 18.5 Å². The van der Waals surface area contributed by atoms with Gasteiger partial charge in [-0.2, -0.15) is 0 Å². The number of hydrogen-bond acceptors (Lipinski definition) is 3. The van der Waals surface area contributed by atoms with E-state index in [4.69, 9.17) is 0 Å². The summed E-state index contributed by atoms with van der Waals surface area (Å²) in [5.41, 5.74) is 2.55. The Morgan fingerprint density at radius 3 is 2.40 bits per heavy atom. The lowest BCUT2D eigenvalue weighted by atomic mass is 10.2. The van der Waals surface area contributed by atoms with Gasteiger partial charge in [0.15, 0.2) is 0 Å². The predicted molar refractivity (Wildman–Crippen MR) is 65.7 cm³/mol. The lowest BCUT2D eigenvalue weighted by molar-refractivity contribution is 0.313. The van der Waals surface area contributed by atoms with Gasteiger partial charge < -0.3 is 15.1 Å². The standard InChI is InChI=1S/C12H19N3/c1-13-11-5-3-4-6-12(11)15-9-7-14(2)8-10-15/h3-6,13H,7-10H2,1-2H3. The lowest BCUT2D eigenvalue weighted by Gasteiger charge is -2.35. The molecule has 1 aliphatic rings. The molecule has 0 radical (unpaired) electrons. The van der Waals surface area contributed by atoms with Gasteiger partial charge in [0, 0.05) is 33.2 Å². The summed E-state index contributed by atoms with van der Waals surface area (Å²) < 4.78 is 0. The zero-order chi connectivity index (χ0) is 10.7. The van der Waals surface area contributed by atoms with Crippen molar-refractivity contribution in [2.45, 2.75) is 0 Å². The van der Waals surface area contributed by atoms with Crippen LogP contribution in [0.4, 0.5) is 11.4 Å². The van der Waals surface area contributed by atoms with E-state index in [0.29, 0.717) is 0 Å². The third kappa shape index (κ3) is 2.23. The smallest absolute Gasteiger partial charge is 0.0602 e. The van der Waals surface area contributed by atoms with E-state index in [1.807, 2.05) is 7.05 Å². The highest BCUT2D eigenvalue weighted by atomic mass is 15.3. The van der Waals surface area contributed by atoms with Crippen LogP contribution in [0.25, 0.3) is 0 Å². The molecule has 0 aliphatic carbocycles. The van der Waals surface area contributed by atoms with E-state index in [1.165, 1.54) is 11.4 Å². The summed E-state index contributed by atoms with van der Waals surface area (Å²) in [6, 6.07) is 8.50. The highest BCUT2D eigenvalue weighted by Gasteiger charge is 2.15. The van der Waals surface area contributed by atoms with E-state index in [0.717, 1.165) is 26.2 Å². The van der Waals surface area contributed by atoms with E-state index in [1.54, 1.807) is 0 Å². The average Bonchev–Trinajstić information content (AvgIpc) is 2.30. The number of rotatable bonds is 2. The van der Waals surface area contributed by atoms with Crippen LogP contribution in [0, 0.1) is 0 Å². The third-order valence-electron chi connectivity index (χ3n) is 3.02. The van der Waals surface area contributed by atoms with Gasteiger partial charge in [-0.1, -0.05) is 12.1 Å². The lowest BCUT2D eigenvalue weighted by Crippen LogP contribution is -2.44. The first-order chi connectivity index (χ1) is 7.31. The number of piperazine rings is 1. The molecule has 1 aromatic rings. The monoisotopic (exact) mass is 205 g/mol. The normalized spacial score (nSPS) is 17.9. The summed E-state index contributed by atoms with van der Waals surface area (Å²) >= 11 is 0. The Balaban J connectivity index is 2.15. The second-order valence-electron chi connectivity index (χ2n) is 4.06. The number of hydrogen-bond donors (Lipinski definition) is 1. The van der Waals surface area contributed by atoms with Gasteiger partial charge in [-0.05, 0) is 19.2 Å². The Labute approximate surface area is 91.7 Å². The minimum absolute atomic E-state index is 1.12. The summed E-state index contributed by atoms with van der Waals surface area (Å²) in [5.74, 6) is 0. The van der Waals surface area contributed by atoms with Crippen molar-refractivity contribution in [3.05, 3.63) is 24.3 Å². The highest BCUT2D eigenvalue weighted by molar-refractivity contribution is 5.69. The van der Waals surface area contributed by atoms with Crippen LogP contribution >= 0.6 is 0 Å². The van der Waals surface area contributed by atoms with Crippen LogP contribution in [0.2, 0.25) is 0 Å². The molecule has 0 atom stereocenters. The molecule has 15 heavy (non-hydrogen) atoms. The minimum Gasteiger partial charge on any atom is -0.386 e. The minimum atomic E-state index is 1.12. The molecule has 0 unspecified atom stereocenters. The molecule has 0 bridgehead atoms. The second-order valence-corrected chi connectivity index (χ2v) is 4.06. The molecular weight excluding hydrogens is 186 g/mol. The van der Waals surface area contributed by atoms with Gasteiger partial charge in [0.2, 0.25) is 0 Å². The molecule has 1 aliphatic heterocycles. The van der Waals surface area contributed by atoms with E-state index >= 15 is 0 Å². The number of para-hydroxylation sites is 2. The van der Waals surface area contributed by atoms with Crippen LogP contribution in [0.5, 0.6) is 0 Å². The maximum Gasteiger partial charge on any atom is 0.0602 e.